The lowest BCUT2D eigenvalue weighted by molar-refractivity contribution is 0.0950. The van der Waals surface area contributed by atoms with Gasteiger partial charge in [0.25, 0.3) is 5.91 Å². The van der Waals surface area contributed by atoms with E-state index in [0.29, 0.717) is 13.1 Å². The maximum absolute atomic E-state index is 12.9. The fourth-order valence-electron chi connectivity index (χ4n) is 4.54. The molecule has 0 atom stereocenters. The predicted octanol–water partition coefficient (Wildman–Crippen LogP) is 4.75. The molecule has 0 bridgehead atoms. The molecule has 0 unspecified atom stereocenters. The van der Waals surface area contributed by atoms with Gasteiger partial charge in [-0.2, -0.15) is 0 Å². The van der Waals surface area contributed by atoms with Crippen LogP contribution in [0.2, 0.25) is 0 Å². The van der Waals surface area contributed by atoms with Gasteiger partial charge in [-0.3, -0.25) is 9.69 Å². The number of aryl methyl sites for hydroxylation is 1. The summed E-state index contributed by atoms with van der Waals surface area (Å²) in [6.45, 7) is 3.11. The fraction of sp³-hybridized carbons (Fsp3) is 0.310. The van der Waals surface area contributed by atoms with E-state index in [1.807, 2.05) is 42.5 Å². The van der Waals surface area contributed by atoms with Crippen molar-refractivity contribution in [3.05, 3.63) is 101 Å². The molecule has 6 heteroatoms. The number of hydrogen-bond acceptors (Lipinski definition) is 3. The molecule has 0 fully saturated rings. The number of urea groups is 1. The number of nitrogens with one attached hydrogen (secondary N) is 3. The topological polar surface area (TPSA) is 73.5 Å². The zero-order chi connectivity index (χ0) is 24.5. The molecular weight excluding hydrogens is 436 g/mol. The first-order chi connectivity index (χ1) is 17.1. The Morgan fingerprint density at radius 1 is 0.914 bits per heavy atom. The Morgan fingerprint density at radius 2 is 1.71 bits per heavy atom. The molecule has 6 nitrogen and oxygen atoms in total. The van der Waals surface area contributed by atoms with Crippen molar-refractivity contribution >= 4 is 17.6 Å². The molecule has 1 heterocycles. The minimum atomic E-state index is -0.224. The average Bonchev–Trinajstić information content (AvgIpc) is 2.89. The highest BCUT2D eigenvalue weighted by atomic mass is 16.2. The lowest BCUT2D eigenvalue weighted by Gasteiger charge is -2.29. The first-order valence-electron chi connectivity index (χ1n) is 12.4. The van der Waals surface area contributed by atoms with Crippen LogP contribution in [0.3, 0.4) is 0 Å². The van der Waals surface area contributed by atoms with Crippen molar-refractivity contribution in [1.29, 1.82) is 0 Å². The largest absolute Gasteiger partial charge is 0.352 e. The van der Waals surface area contributed by atoms with Gasteiger partial charge in [-0.05, 0) is 66.1 Å². The number of carbonyl (C=O) groups excluding carboxylic acids is 2. The number of anilines is 1. The summed E-state index contributed by atoms with van der Waals surface area (Å²) < 4.78 is 0. The van der Waals surface area contributed by atoms with Crippen LogP contribution in [0.5, 0.6) is 0 Å². The van der Waals surface area contributed by atoms with Gasteiger partial charge in [-0.15, -0.1) is 0 Å². The summed E-state index contributed by atoms with van der Waals surface area (Å²) in [6.07, 6.45) is 3.99. The van der Waals surface area contributed by atoms with Crippen LogP contribution < -0.4 is 16.0 Å². The van der Waals surface area contributed by atoms with E-state index in [0.717, 1.165) is 55.6 Å². The van der Waals surface area contributed by atoms with Crippen molar-refractivity contribution in [2.75, 3.05) is 25.5 Å². The highest BCUT2D eigenvalue weighted by molar-refractivity contribution is 5.95. The molecule has 1 aliphatic rings. The first kappa shape index (κ1) is 24.5. The summed E-state index contributed by atoms with van der Waals surface area (Å²) in [6, 6.07) is 24.2. The molecule has 0 saturated heterocycles. The summed E-state index contributed by atoms with van der Waals surface area (Å²) >= 11 is 0. The van der Waals surface area contributed by atoms with E-state index in [1.54, 1.807) is 7.05 Å². The van der Waals surface area contributed by atoms with Gasteiger partial charge in [-0.25, -0.2) is 4.79 Å². The van der Waals surface area contributed by atoms with E-state index in [-0.39, 0.29) is 11.9 Å². The molecule has 3 aromatic rings. The third-order valence-electron chi connectivity index (χ3n) is 6.46. The van der Waals surface area contributed by atoms with Gasteiger partial charge in [-0.1, -0.05) is 54.6 Å². The van der Waals surface area contributed by atoms with Crippen molar-refractivity contribution in [3.63, 3.8) is 0 Å². The Balaban J connectivity index is 1.31. The lowest BCUT2D eigenvalue weighted by Crippen LogP contribution is -2.32. The van der Waals surface area contributed by atoms with Gasteiger partial charge in [0.15, 0.2) is 0 Å². The van der Waals surface area contributed by atoms with E-state index in [9.17, 15) is 9.59 Å². The second-order valence-corrected chi connectivity index (χ2v) is 9.00. The number of unbranched alkanes of at least 4 members (excludes halogenated alkanes) is 1. The van der Waals surface area contributed by atoms with Crippen molar-refractivity contribution in [3.8, 4) is 0 Å². The van der Waals surface area contributed by atoms with E-state index in [2.05, 4.69) is 51.2 Å². The normalized spacial score (nSPS) is 13.1. The van der Waals surface area contributed by atoms with Crippen LogP contribution in [0.1, 0.15) is 45.5 Å². The number of rotatable bonds is 9. The van der Waals surface area contributed by atoms with Crippen LogP contribution >= 0.6 is 0 Å². The van der Waals surface area contributed by atoms with Crippen LogP contribution in [0, 0.1) is 0 Å². The number of benzene rings is 3. The van der Waals surface area contributed by atoms with Crippen molar-refractivity contribution in [2.24, 2.45) is 0 Å². The summed E-state index contributed by atoms with van der Waals surface area (Å²) in [5.74, 6) is -0.00483. The average molecular weight is 471 g/mol. The van der Waals surface area contributed by atoms with Gasteiger partial charge in [0, 0.05) is 44.5 Å². The maximum atomic E-state index is 12.9. The Morgan fingerprint density at radius 3 is 2.54 bits per heavy atom. The molecule has 3 amide bonds. The SMILES string of the molecule is CNC(=O)Nc1ccc2c(c1)CN(Cc1ccccc1C(=O)NCCCCc1ccccc1)CC2. The molecule has 0 aliphatic carbocycles. The number of nitrogens with zero attached hydrogens (tertiary/aromatic N) is 1. The summed E-state index contributed by atoms with van der Waals surface area (Å²) in [4.78, 5) is 27.0. The van der Waals surface area contributed by atoms with Crippen LogP contribution in [0.4, 0.5) is 10.5 Å². The summed E-state index contributed by atoms with van der Waals surface area (Å²) in [5, 5.41) is 8.53. The quantitative estimate of drug-likeness (QED) is 0.395. The molecule has 3 N–H and O–H groups in total. The van der Waals surface area contributed by atoms with Gasteiger partial charge in [0.1, 0.15) is 0 Å². The highest BCUT2D eigenvalue weighted by Gasteiger charge is 2.19. The third kappa shape index (κ3) is 6.93. The molecule has 3 aromatic carbocycles. The molecule has 0 radical (unpaired) electrons. The Labute approximate surface area is 207 Å². The molecule has 1 aliphatic heterocycles. The van der Waals surface area contributed by atoms with Crippen LogP contribution in [-0.4, -0.2) is 37.0 Å². The Hall–Kier alpha value is -3.64. The van der Waals surface area contributed by atoms with Crippen molar-refractivity contribution in [2.45, 2.75) is 38.8 Å². The van der Waals surface area contributed by atoms with E-state index >= 15 is 0 Å². The second-order valence-electron chi connectivity index (χ2n) is 9.00. The Bertz CT molecular complexity index is 1150. The third-order valence-corrected chi connectivity index (χ3v) is 6.46. The molecule has 35 heavy (non-hydrogen) atoms. The van der Waals surface area contributed by atoms with Crippen molar-refractivity contribution in [1.82, 2.24) is 15.5 Å². The van der Waals surface area contributed by atoms with E-state index in [4.69, 9.17) is 0 Å². The van der Waals surface area contributed by atoms with E-state index in [1.165, 1.54) is 16.7 Å². The smallest absolute Gasteiger partial charge is 0.318 e. The summed E-state index contributed by atoms with van der Waals surface area (Å²) in [5.41, 5.74) is 6.44. The van der Waals surface area contributed by atoms with Gasteiger partial charge < -0.3 is 16.0 Å². The zero-order valence-corrected chi connectivity index (χ0v) is 20.3. The maximum Gasteiger partial charge on any atom is 0.318 e. The van der Waals surface area contributed by atoms with Gasteiger partial charge in [0.05, 0.1) is 0 Å². The standard InChI is InChI=1S/C29H34N4O2/c1-30-29(35)32-26-15-14-23-16-18-33(21-25(23)19-26)20-24-12-5-6-13-27(24)28(34)31-17-8-7-11-22-9-3-2-4-10-22/h2-6,9-10,12-15,19H,7-8,11,16-18,20-21H2,1H3,(H,31,34)(H2,30,32,35). The van der Waals surface area contributed by atoms with Gasteiger partial charge >= 0.3 is 6.03 Å². The lowest BCUT2D eigenvalue weighted by atomic mass is 9.98. The predicted molar refractivity (Wildman–Crippen MR) is 140 cm³/mol. The molecule has 182 valence electrons. The van der Waals surface area contributed by atoms with Crippen LogP contribution in [-0.2, 0) is 25.9 Å². The fourth-order valence-corrected chi connectivity index (χ4v) is 4.54. The number of carbonyl (C=O) groups is 2. The minimum Gasteiger partial charge on any atom is -0.352 e. The van der Waals surface area contributed by atoms with E-state index < -0.39 is 0 Å². The molecule has 4 rings (SSSR count). The molecule has 0 spiro atoms. The molecule has 0 saturated carbocycles. The number of amides is 3. The van der Waals surface area contributed by atoms with Crippen LogP contribution in [0.25, 0.3) is 0 Å². The monoisotopic (exact) mass is 470 g/mol. The minimum absolute atomic E-state index is 0.00483. The van der Waals surface area contributed by atoms with Crippen molar-refractivity contribution < 1.29 is 9.59 Å². The highest BCUT2D eigenvalue weighted by Crippen LogP contribution is 2.24. The molecule has 0 aromatic heterocycles. The summed E-state index contributed by atoms with van der Waals surface area (Å²) in [7, 11) is 1.60. The zero-order valence-electron chi connectivity index (χ0n) is 20.3. The second kappa shape index (κ2) is 12.2. The number of fused-ring (bicyclic) bond motifs is 1. The number of hydrogen-bond donors (Lipinski definition) is 3. The van der Waals surface area contributed by atoms with Crippen LogP contribution in [0.15, 0.2) is 72.8 Å². The Kier molecular flexibility index (Phi) is 8.52. The molecular formula is C29H34N4O2. The van der Waals surface area contributed by atoms with Gasteiger partial charge in [0.2, 0.25) is 0 Å². The first-order valence-corrected chi connectivity index (χ1v) is 12.4.